The zero-order valence-electron chi connectivity index (χ0n) is 28.9. The van der Waals surface area contributed by atoms with Crippen molar-refractivity contribution in [2.45, 2.75) is 0 Å². The molecule has 0 saturated carbocycles. The third kappa shape index (κ3) is 7.35. The molecular formula is C40H46N6S2+2. The monoisotopic (exact) mass is 674 g/mol. The van der Waals surface area contributed by atoms with Crippen LogP contribution in [0.5, 0.6) is 0 Å². The van der Waals surface area contributed by atoms with Gasteiger partial charge in [-0.05, 0) is 71.8 Å². The highest BCUT2D eigenvalue weighted by atomic mass is 33.1. The number of benzene rings is 4. The molecule has 6 rings (SSSR count). The fourth-order valence-electron chi connectivity index (χ4n) is 6.20. The van der Waals surface area contributed by atoms with Crippen molar-refractivity contribution in [2.24, 2.45) is 28.2 Å². The number of hydrogen-bond acceptors (Lipinski definition) is 4. The smallest absolute Gasteiger partial charge is 0.281 e. The molecular weight excluding hydrogens is 629 g/mol. The van der Waals surface area contributed by atoms with Gasteiger partial charge in [0.05, 0.1) is 28.2 Å². The SMILES string of the molecule is CN(CCSSCCN(C)c1ccc(/C=C/c2n(C)c3ccccc3[n+]2C)cc1)c1ccc(/C=C/c2n(C)c3ccccc3[n+]2C)cc1. The van der Waals surface area contributed by atoms with Crippen LogP contribution in [0, 0.1) is 0 Å². The molecule has 48 heavy (non-hydrogen) atoms. The highest BCUT2D eigenvalue weighted by molar-refractivity contribution is 8.76. The average Bonchev–Trinajstić information content (AvgIpc) is 3.51. The Hall–Kier alpha value is -4.40. The molecule has 0 saturated heterocycles. The van der Waals surface area contributed by atoms with Gasteiger partial charge in [0.15, 0.2) is 22.1 Å². The number of aryl methyl sites for hydroxylation is 4. The zero-order chi connectivity index (χ0) is 33.6. The minimum absolute atomic E-state index is 1.01. The van der Waals surface area contributed by atoms with Crippen LogP contribution in [0.2, 0.25) is 0 Å². The number of imidazole rings is 2. The summed E-state index contributed by atoms with van der Waals surface area (Å²) in [5.74, 6) is 4.51. The molecule has 0 atom stereocenters. The van der Waals surface area contributed by atoms with Crippen molar-refractivity contribution in [2.75, 3.05) is 48.5 Å². The van der Waals surface area contributed by atoms with Gasteiger partial charge < -0.3 is 9.80 Å². The first-order chi connectivity index (χ1) is 23.3. The molecule has 0 fully saturated rings. The Morgan fingerprint density at radius 1 is 0.542 bits per heavy atom. The van der Waals surface area contributed by atoms with Crippen molar-refractivity contribution in [3.05, 3.63) is 120 Å². The van der Waals surface area contributed by atoms with Crippen LogP contribution >= 0.6 is 21.6 Å². The summed E-state index contributed by atoms with van der Waals surface area (Å²) in [4.78, 5) is 4.68. The third-order valence-electron chi connectivity index (χ3n) is 9.20. The van der Waals surface area contributed by atoms with E-state index >= 15 is 0 Å². The summed E-state index contributed by atoms with van der Waals surface area (Å²) in [6, 6.07) is 34.7. The fraction of sp³-hybridized carbons (Fsp3) is 0.250. The Morgan fingerprint density at radius 3 is 1.29 bits per heavy atom. The molecule has 0 N–H and O–H groups in total. The first-order valence-corrected chi connectivity index (χ1v) is 18.9. The van der Waals surface area contributed by atoms with E-state index in [1.807, 2.05) is 21.6 Å². The molecule has 0 amide bonds. The maximum absolute atomic E-state index is 2.34. The molecule has 0 bridgehead atoms. The van der Waals surface area contributed by atoms with Crippen molar-refractivity contribution >= 4 is 79.3 Å². The Morgan fingerprint density at radius 2 is 0.917 bits per heavy atom. The van der Waals surface area contributed by atoms with E-state index in [-0.39, 0.29) is 0 Å². The Kier molecular flexibility index (Phi) is 10.6. The Bertz CT molecular complexity index is 1830. The summed E-state index contributed by atoms with van der Waals surface area (Å²) in [6.45, 7) is 2.03. The first-order valence-electron chi connectivity index (χ1n) is 16.4. The topological polar surface area (TPSA) is 24.1 Å². The van der Waals surface area contributed by atoms with Gasteiger partial charge in [-0.15, -0.1) is 0 Å². The van der Waals surface area contributed by atoms with Crippen molar-refractivity contribution in [3.63, 3.8) is 0 Å². The van der Waals surface area contributed by atoms with E-state index in [4.69, 9.17) is 0 Å². The number of aromatic nitrogens is 4. The Labute approximate surface area is 293 Å². The van der Waals surface area contributed by atoms with Gasteiger partial charge in [0.2, 0.25) is 0 Å². The van der Waals surface area contributed by atoms with Gasteiger partial charge in [-0.1, -0.05) is 70.1 Å². The van der Waals surface area contributed by atoms with Gasteiger partial charge in [0, 0.05) is 62.2 Å². The zero-order valence-corrected chi connectivity index (χ0v) is 30.5. The minimum Gasteiger partial charge on any atom is -0.374 e. The van der Waals surface area contributed by atoms with Crippen LogP contribution in [0.4, 0.5) is 11.4 Å². The Balaban J connectivity index is 0.916. The van der Waals surface area contributed by atoms with Gasteiger partial charge in [-0.3, -0.25) is 0 Å². The first kappa shape index (κ1) is 33.5. The summed E-state index contributed by atoms with van der Waals surface area (Å²) >= 11 is 0. The quantitative estimate of drug-likeness (QED) is 0.0715. The van der Waals surface area contributed by atoms with E-state index in [9.17, 15) is 0 Å². The summed E-state index contributed by atoms with van der Waals surface area (Å²) in [7, 11) is 16.8. The average molecular weight is 675 g/mol. The lowest BCUT2D eigenvalue weighted by Crippen LogP contribution is -2.30. The number of fused-ring (bicyclic) bond motifs is 2. The van der Waals surface area contributed by atoms with E-state index in [2.05, 4.69) is 192 Å². The second kappa shape index (κ2) is 15.2. The summed E-state index contributed by atoms with van der Waals surface area (Å²) in [6.07, 6.45) is 8.79. The maximum atomic E-state index is 2.34. The van der Waals surface area contributed by atoms with Crippen molar-refractivity contribution in [1.29, 1.82) is 0 Å². The normalized spacial score (nSPS) is 11.9. The molecule has 0 spiro atoms. The van der Waals surface area contributed by atoms with Gasteiger partial charge in [0.25, 0.3) is 11.6 Å². The second-order valence-corrected chi connectivity index (χ2v) is 15.0. The second-order valence-electron chi connectivity index (χ2n) is 12.3. The van der Waals surface area contributed by atoms with E-state index in [0.717, 1.165) is 24.6 Å². The number of anilines is 2. The molecule has 2 aromatic heterocycles. The lowest BCUT2D eigenvalue weighted by atomic mass is 10.2. The van der Waals surface area contributed by atoms with Crippen molar-refractivity contribution in [3.8, 4) is 0 Å². The maximum Gasteiger partial charge on any atom is 0.281 e. The molecule has 4 aromatic carbocycles. The van der Waals surface area contributed by atoms with Crippen LogP contribution in [0.3, 0.4) is 0 Å². The van der Waals surface area contributed by atoms with E-state index in [1.165, 1.54) is 56.2 Å². The third-order valence-corrected chi connectivity index (χ3v) is 11.6. The predicted molar refractivity (Wildman–Crippen MR) is 210 cm³/mol. The number of para-hydroxylation sites is 4. The molecule has 0 aliphatic carbocycles. The summed E-state index contributed by atoms with van der Waals surface area (Å²) in [5, 5.41) is 0. The van der Waals surface area contributed by atoms with Gasteiger partial charge in [-0.2, -0.15) is 0 Å². The van der Waals surface area contributed by atoms with Crippen LogP contribution in [0.25, 0.3) is 46.4 Å². The molecule has 2 heterocycles. The molecule has 6 nitrogen and oxygen atoms in total. The minimum atomic E-state index is 1.01. The van der Waals surface area contributed by atoms with Crippen LogP contribution < -0.4 is 18.9 Å². The van der Waals surface area contributed by atoms with Crippen molar-refractivity contribution < 1.29 is 9.13 Å². The molecule has 8 heteroatoms. The highest BCUT2D eigenvalue weighted by Gasteiger charge is 2.18. The molecule has 0 aliphatic heterocycles. The summed E-state index contributed by atoms with van der Waals surface area (Å²) < 4.78 is 8.97. The fourth-order valence-corrected chi connectivity index (χ4v) is 8.29. The molecule has 0 radical (unpaired) electrons. The number of rotatable bonds is 13. The van der Waals surface area contributed by atoms with Crippen LogP contribution in [-0.4, -0.2) is 47.8 Å². The van der Waals surface area contributed by atoms with Crippen molar-refractivity contribution in [1.82, 2.24) is 9.13 Å². The molecule has 0 unspecified atom stereocenters. The number of hydrogen-bond donors (Lipinski definition) is 0. The van der Waals surface area contributed by atoms with Crippen LogP contribution in [-0.2, 0) is 28.2 Å². The lowest BCUT2D eigenvalue weighted by molar-refractivity contribution is -0.647. The van der Waals surface area contributed by atoms with Crippen LogP contribution in [0.1, 0.15) is 22.8 Å². The largest absolute Gasteiger partial charge is 0.374 e. The van der Waals surface area contributed by atoms with Gasteiger partial charge in [-0.25, -0.2) is 18.3 Å². The summed E-state index contributed by atoms with van der Waals surface area (Å²) in [5.41, 5.74) is 9.85. The molecule has 6 aromatic rings. The van der Waals surface area contributed by atoms with E-state index in [1.54, 1.807) is 0 Å². The number of nitrogens with zero attached hydrogens (tertiary/aromatic N) is 6. The van der Waals surface area contributed by atoms with E-state index in [0.29, 0.717) is 0 Å². The highest BCUT2D eigenvalue weighted by Crippen LogP contribution is 2.24. The van der Waals surface area contributed by atoms with E-state index < -0.39 is 0 Å². The van der Waals surface area contributed by atoms with Gasteiger partial charge in [0.1, 0.15) is 0 Å². The molecule has 246 valence electrons. The van der Waals surface area contributed by atoms with Crippen LogP contribution in [0.15, 0.2) is 97.1 Å². The standard InChI is InChI=1S/C40H46N6S2/c1-41(33-21-15-31(16-22-33)19-25-39-43(3)35-11-7-8-12-36(35)44(39)4)27-29-47-48-30-28-42(2)34-23-17-32(18-24-34)20-26-40-45(5)37-13-9-10-14-38(37)46(40)6/h7-26H,27-30H2,1-6H3/q+2. The predicted octanol–water partition coefficient (Wildman–Crippen LogP) is 7.61. The molecule has 0 aliphatic rings. The lowest BCUT2D eigenvalue weighted by Gasteiger charge is -2.20. The van der Waals surface area contributed by atoms with Gasteiger partial charge >= 0.3 is 0 Å².